The number of nitriles is 1. The first-order chi connectivity index (χ1) is 9.26. The predicted octanol–water partition coefficient (Wildman–Crippen LogP) is 4.16. The number of hydrogen-bond acceptors (Lipinski definition) is 3. The molecule has 0 bridgehead atoms. The molecule has 0 radical (unpaired) electrons. The Labute approximate surface area is 118 Å². The molecule has 0 N–H and O–H groups in total. The zero-order chi connectivity index (χ0) is 15.2. The van der Waals surface area contributed by atoms with E-state index in [0.29, 0.717) is 12.4 Å². The smallest absolute Gasteiger partial charge is 0.377 e. The van der Waals surface area contributed by atoms with Gasteiger partial charge in [-0.3, -0.25) is 0 Å². The Morgan fingerprint density at radius 2 is 1.95 bits per heavy atom. The van der Waals surface area contributed by atoms with Crippen molar-refractivity contribution in [3.8, 4) is 6.07 Å². The third kappa shape index (κ3) is 5.44. The van der Waals surface area contributed by atoms with Crippen LogP contribution in [-0.4, -0.2) is 35.8 Å². The fraction of sp³-hybridized carbons (Fsp3) is 0.917. The number of nitrogens with zero attached hydrogens (tertiary/aromatic N) is 1. The van der Waals surface area contributed by atoms with Crippen LogP contribution in [0, 0.1) is 11.3 Å². The average molecular weight is 317 g/mol. The van der Waals surface area contributed by atoms with E-state index in [4.69, 9.17) is 10.00 Å². The maximum absolute atomic E-state index is 12.8. The number of alkyl halides is 5. The zero-order valence-corrected chi connectivity index (χ0v) is 11.6. The highest BCUT2D eigenvalue weighted by molar-refractivity contribution is 8.00. The van der Waals surface area contributed by atoms with E-state index in [0.717, 1.165) is 31.0 Å². The molecule has 0 saturated carbocycles. The Kier molecular flexibility index (Phi) is 6.52. The number of rotatable bonds is 6. The lowest BCUT2D eigenvalue weighted by molar-refractivity contribution is -0.284. The number of thioether (sulfide) groups is 1. The topological polar surface area (TPSA) is 33.0 Å². The van der Waals surface area contributed by atoms with Crippen molar-refractivity contribution in [1.82, 2.24) is 0 Å². The molecule has 0 aromatic carbocycles. The largest absolute Gasteiger partial charge is 0.453 e. The summed E-state index contributed by atoms with van der Waals surface area (Å²) in [5.74, 6) is -4.28. The Balaban J connectivity index is 2.34. The summed E-state index contributed by atoms with van der Waals surface area (Å²) >= 11 is 1.09. The quantitative estimate of drug-likeness (QED) is 0.690. The fourth-order valence-corrected chi connectivity index (χ4v) is 2.87. The fourth-order valence-electron chi connectivity index (χ4n) is 1.80. The SMILES string of the molecule is N#CC(CCC(F)(F)C(F)(F)F)SCC1CCCCO1. The molecule has 1 aliphatic heterocycles. The van der Waals surface area contributed by atoms with E-state index in [2.05, 4.69) is 0 Å². The van der Waals surface area contributed by atoms with Crippen LogP contribution in [0.3, 0.4) is 0 Å². The van der Waals surface area contributed by atoms with Gasteiger partial charge in [-0.25, -0.2) is 0 Å². The first kappa shape index (κ1) is 17.5. The highest BCUT2D eigenvalue weighted by atomic mass is 32.2. The third-order valence-electron chi connectivity index (χ3n) is 3.04. The van der Waals surface area contributed by atoms with Crippen LogP contribution in [0.1, 0.15) is 32.1 Å². The van der Waals surface area contributed by atoms with Gasteiger partial charge in [-0.05, 0) is 25.7 Å². The van der Waals surface area contributed by atoms with Gasteiger partial charge in [0, 0.05) is 18.8 Å². The monoisotopic (exact) mass is 317 g/mol. The molecule has 2 nitrogen and oxygen atoms in total. The van der Waals surface area contributed by atoms with Gasteiger partial charge in [0.1, 0.15) is 0 Å². The lowest BCUT2D eigenvalue weighted by Crippen LogP contribution is -2.36. The first-order valence-electron chi connectivity index (χ1n) is 6.33. The third-order valence-corrected chi connectivity index (χ3v) is 4.34. The Morgan fingerprint density at radius 1 is 1.25 bits per heavy atom. The lowest BCUT2D eigenvalue weighted by Gasteiger charge is -2.24. The second kappa shape index (κ2) is 7.46. The highest BCUT2D eigenvalue weighted by Crippen LogP contribution is 2.40. The Bertz CT molecular complexity index is 336. The van der Waals surface area contributed by atoms with Gasteiger partial charge >= 0.3 is 12.1 Å². The molecular formula is C12H16F5NOS. The van der Waals surface area contributed by atoms with E-state index >= 15 is 0 Å². The van der Waals surface area contributed by atoms with E-state index in [-0.39, 0.29) is 6.10 Å². The standard InChI is InChI=1S/C12H16F5NOS/c13-11(14,12(15,16)17)5-4-10(7-18)20-8-9-3-1-2-6-19-9/h9-10H,1-6,8H2. The second-order valence-corrected chi connectivity index (χ2v) is 5.92. The van der Waals surface area contributed by atoms with E-state index in [1.54, 1.807) is 6.07 Å². The van der Waals surface area contributed by atoms with Crippen LogP contribution in [0.5, 0.6) is 0 Å². The van der Waals surface area contributed by atoms with Gasteiger partial charge in [-0.1, -0.05) is 0 Å². The lowest BCUT2D eigenvalue weighted by atomic mass is 10.1. The Hall–Kier alpha value is -0.550. The number of hydrogen-bond donors (Lipinski definition) is 0. The van der Waals surface area contributed by atoms with E-state index < -0.39 is 30.2 Å². The second-order valence-electron chi connectivity index (χ2n) is 4.68. The summed E-state index contributed by atoms with van der Waals surface area (Å²) in [4.78, 5) is 0. The van der Waals surface area contributed by atoms with Gasteiger partial charge in [0.05, 0.1) is 17.4 Å². The summed E-state index contributed by atoms with van der Waals surface area (Å²) < 4.78 is 66.9. The Morgan fingerprint density at radius 3 is 2.45 bits per heavy atom. The molecule has 2 atom stereocenters. The molecule has 0 aliphatic carbocycles. The van der Waals surface area contributed by atoms with E-state index in [9.17, 15) is 22.0 Å². The molecule has 8 heteroatoms. The number of ether oxygens (including phenoxy) is 1. The minimum Gasteiger partial charge on any atom is -0.377 e. The maximum atomic E-state index is 12.8. The molecule has 0 aromatic rings. The van der Waals surface area contributed by atoms with Crippen molar-refractivity contribution in [3.05, 3.63) is 0 Å². The first-order valence-corrected chi connectivity index (χ1v) is 7.38. The van der Waals surface area contributed by atoms with Crippen LogP contribution in [0.25, 0.3) is 0 Å². The van der Waals surface area contributed by atoms with Crippen molar-refractivity contribution in [2.45, 2.75) is 55.6 Å². The predicted molar refractivity (Wildman–Crippen MR) is 65.7 cm³/mol. The van der Waals surface area contributed by atoms with Crippen LogP contribution < -0.4 is 0 Å². The van der Waals surface area contributed by atoms with E-state index in [1.807, 2.05) is 0 Å². The number of halogens is 5. The normalized spacial score (nSPS) is 22.3. The zero-order valence-electron chi connectivity index (χ0n) is 10.8. The van der Waals surface area contributed by atoms with E-state index in [1.165, 1.54) is 0 Å². The highest BCUT2D eigenvalue weighted by Gasteiger charge is 2.56. The van der Waals surface area contributed by atoms with Gasteiger partial charge in [0.2, 0.25) is 0 Å². The molecule has 0 aromatic heterocycles. The summed E-state index contributed by atoms with van der Waals surface area (Å²) in [5, 5.41) is 7.95. The molecule has 1 fully saturated rings. The van der Waals surface area contributed by atoms with Gasteiger partial charge in [0.25, 0.3) is 0 Å². The molecule has 2 unspecified atom stereocenters. The molecule has 1 aliphatic rings. The van der Waals surface area contributed by atoms with Gasteiger partial charge < -0.3 is 4.74 Å². The molecule has 1 saturated heterocycles. The molecule has 0 spiro atoms. The molecule has 1 heterocycles. The van der Waals surface area contributed by atoms with Crippen LogP contribution >= 0.6 is 11.8 Å². The van der Waals surface area contributed by atoms with Crippen LogP contribution in [-0.2, 0) is 4.74 Å². The van der Waals surface area contributed by atoms with Crippen molar-refractivity contribution >= 4 is 11.8 Å². The van der Waals surface area contributed by atoms with Gasteiger partial charge in [0.15, 0.2) is 0 Å². The van der Waals surface area contributed by atoms with Crippen molar-refractivity contribution < 1.29 is 26.7 Å². The minimum atomic E-state index is -5.55. The summed E-state index contributed by atoms with van der Waals surface area (Å²) in [5.41, 5.74) is 0. The summed E-state index contributed by atoms with van der Waals surface area (Å²) in [7, 11) is 0. The van der Waals surface area contributed by atoms with Crippen molar-refractivity contribution in [2.75, 3.05) is 12.4 Å². The van der Waals surface area contributed by atoms with Gasteiger partial charge in [-0.2, -0.15) is 27.2 Å². The molecular weight excluding hydrogens is 301 g/mol. The molecule has 116 valence electrons. The van der Waals surface area contributed by atoms with Crippen LogP contribution in [0.4, 0.5) is 22.0 Å². The van der Waals surface area contributed by atoms with Crippen molar-refractivity contribution in [2.24, 2.45) is 0 Å². The summed E-state index contributed by atoms with van der Waals surface area (Å²) in [6.07, 6.45) is -4.61. The van der Waals surface area contributed by atoms with Gasteiger partial charge in [-0.15, -0.1) is 11.8 Å². The molecule has 20 heavy (non-hydrogen) atoms. The van der Waals surface area contributed by atoms with Crippen molar-refractivity contribution in [3.63, 3.8) is 0 Å². The average Bonchev–Trinajstić information content (AvgIpc) is 2.39. The van der Waals surface area contributed by atoms with Crippen molar-refractivity contribution in [1.29, 1.82) is 5.26 Å². The van der Waals surface area contributed by atoms with Crippen LogP contribution in [0.2, 0.25) is 0 Å². The molecule has 1 rings (SSSR count). The summed E-state index contributed by atoms with van der Waals surface area (Å²) in [6, 6.07) is 1.77. The van der Waals surface area contributed by atoms with Crippen LogP contribution in [0.15, 0.2) is 0 Å². The maximum Gasteiger partial charge on any atom is 0.453 e. The summed E-state index contributed by atoms with van der Waals surface area (Å²) in [6.45, 7) is 0.634. The minimum absolute atomic E-state index is 0.0345. The molecule has 0 amide bonds.